The van der Waals surface area contributed by atoms with E-state index in [-0.39, 0.29) is 11.9 Å². The maximum Gasteiger partial charge on any atom is 0.254 e. The Hall–Kier alpha value is -1.72. The fourth-order valence-electron chi connectivity index (χ4n) is 2.95. The maximum atomic E-state index is 13.6. The number of nitrogens with zero attached hydrogens (tertiary/aromatic N) is 2. The number of likely N-dealkylation sites (N-methyl/N-ethyl adjacent to an activating group) is 1. The summed E-state index contributed by atoms with van der Waals surface area (Å²) in [5.74, 6) is -0.532. The van der Waals surface area contributed by atoms with Crippen molar-refractivity contribution < 1.29 is 9.18 Å². The molecule has 0 spiro atoms. The maximum absolute atomic E-state index is 13.6. The number of hydrogen-bond acceptors (Lipinski definition) is 2. The molecule has 0 saturated carbocycles. The minimum Gasteiger partial charge on any atom is -0.335 e. The zero-order valence-electron chi connectivity index (χ0n) is 12.9. The monoisotopic (exact) mass is 376 g/mol. The number of amides is 1. The van der Waals surface area contributed by atoms with Gasteiger partial charge in [0, 0.05) is 29.7 Å². The smallest absolute Gasteiger partial charge is 0.254 e. The minimum atomic E-state index is -0.406. The van der Waals surface area contributed by atoms with Gasteiger partial charge in [0.05, 0.1) is 6.04 Å². The van der Waals surface area contributed by atoms with Gasteiger partial charge in [-0.15, -0.1) is 0 Å². The second kappa shape index (κ2) is 6.81. The van der Waals surface area contributed by atoms with Crippen LogP contribution in [0.2, 0.25) is 0 Å². The molecule has 0 N–H and O–H groups in total. The predicted octanol–water partition coefficient (Wildman–Crippen LogP) is 3.72. The van der Waals surface area contributed by atoms with E-state index in [1.54, 1.807) is 11.0 Å². The van der Waals surface area contributed by atoms with E-state index in [2.05, 4.69) is 40.0 Å². The molecule has 3 rings (SSSR count). The van der Waals surface area contributed by atoms with Gasteiger partial charge < -0.3 is 4.90 Å². The molecular formula is C18H18BrFN2O. The first-order valence-electron chi connectivity index (χ1n) is 7.55. The third kappa shape index (κ3) is 3.62. The summed E-state index contributed by atoms with van der Waals surface area (Å²) >= 11 is 3.24. The third-order valence-corrected chi connectivity index (χ3v) is 4.69. The molecule has 120 valence electrons. The average molecular weight is 377 g/mol. The number of benzene rings is 2. The predicted molar refractivity (Wildman–Crippen MR) is 91.8 cm³/mol. The Morgan fingerprint density at radius 2 is 1.91 bits per heavy atom. The quantitative estimate of drug-likeness (QED) is 0.797. The Bertz CT molecular complexity index is 687. The van der Waals surface area contributed by atoms with Gasteiger partial charge in [-0.2, -0.15) is 0 Å². The zero-order valence-corrected chi connectivity index (χ0v) is 14.5. The summed E-state index contributed by atoms with van der Waals surface area (Å²) in [5, 5.41) is 0. The Morgan fingerprint density at radius 1 is 1.17 bits per heavy atom. The average Bonchev–Trinajstić information content (AvgIpc) is 2.54. The van der Waals surface area contributed by atoms with Crippen LogP contribution in [0, 0.1) is 5.82 Å². The molecule has 1 amide bonds. The summed E-state index contributed by atoms with van der Waals surface area (Å²) in [6.07, 6.45) is 0. The van der Waals surface area contributed by atoms with Crippen molar-refractivity contribution in [2.75, 3.05) is 26.7 Å². The molecule has 5 heteroatoms. The first kappa shape index (κ1) is 16.1. The molecule has 23 heavy (non-hydrogen) atoms. The van der Waals surface area contributed by atoms with Crippen LogP contribution in [0.25, 0.3) is 0 Å². The van der Waals surface area contributed by atoms with Crippen LogP contribution in [0.1, 0.15) is 22.0 Å². The Kier molecular flexibility index (Phi) is 4.78. The van der Waals surface area contributed by atoms with Crippen LogP contribution < -0.4 is 0 Å². The summed E-state index contributed by atoms with van der Waals surface area (Å²) in [5.41, 5.74) is 1.57. The number of halogens is 2. The number of carbonyl (C=O) groups excluding carboxylic acids is 1. The number of rotatable bonds is 2. The minimum absolute atomic E-state index is 0.126. The van der Waals surface area contributed by atoms with Gasteiger partial charge in [0.25, 0.3) is 5.91 Å². The highest BCUT2D eigenvalue weighted by Crippen LogP contribution is 2.25. The van der Waals surface area contributed by atoms with Gasteiger partial charge in [0.15, 0.2) is 0 Å². The van der Waals surface area contributed by atoms with E-state index in [9.17, 15) is 9.18 Å². The van der Waals surface area contributed by atoms with Crippen molar-refractivity contribution in [3.05, 3.63) is 69.9 Å². The molecular weight excluding hydrogens is 359 g/mol. The number of piperazine rings is 1. The fraction of sp³-hybridized carbons (Fsp3) is 0.278. The first-order valence-corrected chi connectivity index (χ1v) is 8.34. The summed E-state index contributed by atoms with van der Waals surface area (Å²) in [7, 11) is 2.07. The van der Waals surface area contributed by atoms with Crippen molar-refractivity contribution in [2.45, 2.75) is 6.04 Å². The zero-order chi connectivity index (χ0) is 16.4. The van der Waals surface area contributed by atoms with E-state index >= 15 is 0 Å². The molecule has 1 saturated heterocycles. The Balaban J connectivity index is 1.82. The largest absolute Gasteiger partial charge is 0.335 e. The highest BCUT2D eigenvalue weighted by Gasteiger charge is 2.29. The topological polar surface area (TPSA) is 23.6 Å². The number of hydrogen-bond donors (Lipinski definition) is 0. The lowest BCUT2D eigenvalue weighted by atomic mass is 10.0. The number of carbonyl (C=O) groups is 1. The molecule has 1 atom stereocenters. The lowest BCUT2D eigenvalue weighted by Crippen LogP contribution is -2.49. The van der Waals surface area contributed by atoms with Gasteiger partial charge in [-0.05, 0) is 30.8 Å². The molecule has 1 aliphatic rings. The first-order chi connectivity index (χ1) is 11.0. The van der Waals surface area contributed by atoms with E-state index < -0.39 is 5.82 Å². The van der Waals surface area contributed by atoms with Crippen LogP contribution in [0.5, 0.6) is 0 Å². The Labute approximate surface area is 143 Å². The summed E-state index contributed by atoms with van der Waals surface area (Å²) in [6, 6.07) is 14.6. The van der Waals surface area contributed by atoms with Crippen LogP contribution in [-0.4, -0.2) is 42.4 Å². The third-order valence-electron chi connectivity index (χ3n) is 4.23. The van der Waals surface area contributed by atoms with Gasteiger partial charge in [0.2, 0.25) is 0 Å². The van der Waals surface area contributed by atoms with Crippen LogP contribution in [0.15, 0.2) is 53.0 Å². The van der Waals surface area contributed by atoms with E-state index in [0.29, 0.717) is 23.1 Å². The highest BCUT2D eigenvalue weighted by molar-refractivity contribution is 9.10. The molecule has 0 radical (unpaired) electrons. The van der Waals surface area contributed by atoms with Crippen LogP contribution in [-0.2, 0) is 0 Å². The van der Waals surface area contributed by atoms with Gasteiger partial charge in [0.1, 0.15) is 5.82 Å². The fourth-order valence-corrected chi connectivity index (χ4v) is 3.42. The van der Waals surface area contributed by atoms with E-state index in [1.807, 2.05) is 18.2 Å². The molecule has 1 fully saturated rings. The highest BCUT2D eigenvalue weighted by atomic mass is 79.9. The van der Waals surface area contributed by atoms with Gasteiger partial charge in [-0.25, -0.2) is 4.39 Å². The van der Waals surface area contributed by atoms with Crippen molar-refractivity contribution >= 4 is 21.8 Å². The molecule has 1 unspecified atom stereocenters. The van der Waals surface area contributed by atoms with Crippen molar-refractivity contribution in [1.82, 2.24) is 9.80 Å². The SMILES string of the molecule is CN1CCN(C(=O)c2cc(F)cc(Br)c2)CC1c1ccccc1. The van der Waals surface area contributed by atoms with Crippen molar-refractivity contribution in [3.63, 3.8) is 0 Å². The van der Waals surface area contributed by atoms with Gasteiger partial charge in [-0.1, -0.05) is 46.3 Å². The normalized spacial score (nSPS) is 18.9. The summed E-state index contributed by atoms with van der Waals surface area (Å²) in [4.78, 5) is 16.8. The van der Waals surface area contributed by atoms with Crippen molar-refractivity contribution in [3.8, 4) is 0 Å². The van der Waals surface area contributed by atoms with E-state index in [1.165, 1.54) is 17.7 Å². The molecule has 0 aliphatic carbocycles. The van der Waals surface area contributed by atoms with Crippen LogP contribution in [0.3, 0.4) is 0 Å². The molecule has 0 bridgehead atoms. The molecule has 1 heterocycles. The van der Waals surface area contributed by atoms with E-state index in [4.69, 9.17) is 0 Å². The van der Waals surface area contributed by atoms with Crippen LogP contribution >= 0.6 is 15.9 Å². The van der Waals surface area contributed by atoms with Gasteiger partial charge in [-0.3, -0.25) is 9.69 Å². The summed E-state index contributed by atoms with van der Waals surface area (Å²) in [6.45, 7) is 2.04. The molecule has 0 aromatic heterocycles. The standard InChI is InChI=1S/C18H18BrFN2O/c1-21-7-8-22(12-17(21)13-5-3-2-4-6-13)18(23)14-9-15(19)11-16(20)10-14/h2-6,9-11,17H,7-8,12H2,1H3. The molecule has 1 aliphatic heterocycles. The molecule has 2 aromatic carbocycles. The van der Waals surface area contributed by atoms with Crippen molar-refractivity contribution in [2.24, 2.45) is 0 Å². The van der Waals surface area contributed by atoms with E-state index in [0.717, 1.165) is 6.54 Å². The Morgan fingerprint density at radius 3 is 2.61 bits per heavy atom. The summed E-state index contributed by atoms with van der Waals surface area (Å²) < 4.78 is 14.1. The molecule has 3 nitrogen and oxygen atoms in total. The lowest BCUT2D eigenvalue weighted by molar-refractivity contribution is 0.0545. The lowest BCUT2D eigenvalue weighted by Gasteiger charge is -2.39. The second-order valence-corrected chi connectivity index (χ2v) is 6.73. The van der Waals surface area contributed by atoms with Gasteiger partial charge >= 0.3 is 0 Å². The van der Waals surface area contributed by atoms with Crippen LogP contribution in [0.4, 0.5) is 4.39 Å². The molecule has 2 aromatic rings. The second-order valence-electron chi connectivity index (χ2n) is 5.82. The van der Waals surface area contributed by atoms with Crippen molar-refractivity contribution in [1.29, 1.82) is 0 Å².